The normalized spacial score (nSPS) is 23.6. The molecule has 0 bridgehead atoms. The van der Waals surface area contributed by atoms with Gasteiger partial charge in [-0.3, -0.25) is 9.88 Å². The number of aromatic nitrogens is 3. The van der Waals surface area contributed by atoms with Crippen molar-refractivity contribution in [1.29, 1.82) is 0 Å². The van der Waals surface area contributed by atoms with Gasteiger partial charge in [-0.2, -0.15) is 0 Å². The Morgan fingerprint density at radius 2 is 1.84 bits per heavy atom. The maximum absolute atomic E-state index is 6.46. The monoisotopic (exact) mass is 530 g/mol. The fourth-order valence-corrected chi connectivity index (χ4v) is 6.01. The van der Waals surface area contributed by atoms with Gasteiger partial charge in [0.15, 0.2) is 11.5 Å². The molecule has 0 saturated carbocycles. The number of hydrogen-bond acceptors (Lipinski definition) is 6. The zero-order valence-electron chi connectivity index (χ0n) is 21.5. The van der Waals surface area contributed by atoms with Gasteiger partial charge in [0.05, 0.1) is 35.2 Å². The minimum Gasteiger partial charge on any atom is -0.443 e. The number of benzene rings is 2. The predicted octanol–water partition coefficient (Wildman–Crippen LogP) is 5.90. The van der Waals surface area contributed by atoms with Crippen LogP contribution in [0.15, 0.2) is 60.8 Å². The second kappa shape index (κ2) is 9.56. The van der Waals surface area contributed by atoms with Crippen molar-refractivity contribution in [2.45, 2.75) is 57.1 Å². The zero-order chi connectivity index (χ0) is 25.7. The maximum atomic E-state index is 6.46. The van der Waals surface area contributed by atoms with E-state index in [0.29, 0.717) is 22.7 Å². The van der Waals surface area contributed by atoms with E-state index in [9.17, 15) is 0 Å². The minimum absolute atomic E-state index is 0.299. The fraction of sp³-hybridized carbons (Fsp3) is 0.400. The van der Waals surface area contributed by atoms with Crippen LogP contribution < -0.4 is 9.47 Å². The molecule has 0 amide bonds. The second-order valence-corrected chi connectivity index (χ2v) is 11.1. The molecule has 2 aromatic carbocycles. The first-order valence-corrected chi connectivity index (χ1v) is 13.8. The van der Waals surface area contributed by atoms with E-state index in [2.05, 4.69) is 50.8 Å². The second-order valence-electron chi connectivity index (χ2n) is 10.6. The smallest absolute Gasteiger partial charge is 0.292 e. The van der Waals surface area contributed by atoms with Gasteiger partial charge in [-0.05, 0) is 68.6 Å². The summed E-state index contributed by atoms with van der Waals surface area (Å²) >= 11 is 6.04. The summed E-state index contributed by atoms with van der Waals surface area (Å²) in [6.07, 6.45) is 5.16. The van der Waals surface area contributed by atoms with Crippen molar-refractivity contribution >= 4 is 22.6 Å². The number of imidazole rings is 1. The summed E-state index contributed by atoms with van der Waals surface area (Å²) in [7, 11) is 0. The molecule has 7 rings (SSSR count). The van der Waals surface area contributed by atoms with Crippen molar-refractivity contribution in [3.63, 3.8) is 0 Å². The van der Waals surface area contributed by atoms with Crippen molar-refractivity contribution in [2.75, 3.05) is 19.7 Å². The predicted molar refractivity (Wildman–Crippen MR) is 146 cm³/mol. The van der Waals surface area contributed by atoms with Crippen molar-refractivity contribution in [3.8, 4) is 11.5 Å². The van der Waals surface area contributed by atoms with Crippen LogP contribution >= 0.6 is 11.6 Å². The van der Waals surface area contributed by atoms with Crippen LogP contribution in [0.5, 0.6) is 11.5 Å². The highest BCUT2D eigenvalue weighted by atomic mass is 35.5. The lowest BCUT2D eigenvalue weighted by atomic mass is 9.88. The Balaban J connectivity index is 1.06. The average Bonchev–Trinajstić information content (AvgIpc) is 3.44. The van der Waals surface area contributed by atoms with Gasteiger partial charge in [0.2, 0.25) is 0 Å². The van der Waals surface area contributed by atoms with Gasteiger partial charge in [-0.25, -0.2) is 4.98 Å². The number of rotatable bonds is 6. The molecule has 2 atom stereocenters. The number of ether oxygens (including phenoxy) is 3. The number of nitrogens with zero attached hydrogens (tertiary/aromatic N) is 4. The summed E-state index contributed by atoms with van der Waals surface area (Å²) in [5, 5.41) is 0.590. The van der Waals surface area contributed by atoms with Gasteiger partial charge in [0.25, 0.3) is 5.79 Å². The number of piperidine rings is 1. The summed E-state index contributed by atoms with van der Waals surface area (Å²) in [6, 6.07) is 18.3. The molecule has 4 aromatic rings. The first kappa shape index (κ1) is 23.9. The summed E-state index contributed by atoms with van der Waals surface area (Å²) in [5.41, 5.74) is 4.18. The van der Waals surface area contributed by atoms with Crippen LogP contribution in [0.25, 0.3) is 11.0 Å². The Bertz CT molecular complexity index is 1460. The van der Waals surface area contributed by atoms with Gasteiger partial charge in [0, 0.05) is 25.3 Å². The highest BCUT2D eigenvalue weighted by molar-refractivity contribution is 6.30. The highest BCUT2D eigenvalue weighted by Crippen LogP contribution is 2.49. The molecule has 0 aliphatic carbocycles. The molecule has 3 aliphatic rings. The Labute approximate surface area is 227 Å². The third kappa shape index (κ3) is 4.32. The van der Waals surface area contributed by atoms with Gasteiger partial charge in [0.1, 0.15) is 11.5 Å². The fourth-order valence-electron chi connectivity index (χ4n) is 5.90. The molecule has 5 heterocycles. The summed E-state index contributed by atoms with van der Waals surface area (Å²) in [4.78, 5) is 12.0. The molecule has 196 valence electrons. The Hall–Kier alpha value is -3.13. The van der Waals surface area contributed by atoms with Crippen molar-refractivity contribution in [3.05, 3.63) is 82.9 Å². The minimum atomic E-state index is -0.965. The molecule has 2 saturated heterocycles. The molecule has 3 aliphatic heterocycles. The van der Waals surface area contributed by atoms with E-state index in [0.717, 1.165) is 74.9 Å². The van der Waals surface area contributed by atoms with Crippen LogP contribution in [0, 0.1) is 0 Å². The molecule has 38 heavy (non-hydrogen) atoms. The molecule has 7 nitrogen and oxygen atoms in total. The third-order valence-electron chi connectivity index (χ3n) is 8.11. The van der Waals surface area contributed by atoms with E-state index in [1.54, 1.807) is 6.20 Å². The Morgan fingerprint density at radius 1 is 1.00 bits per heavy atom. The number of fused-ring (bicyclic) bond motifs is 2. The van der Waals surface area contributed by atoms with Gasteiger partial charge in [-0.15, -0.1) is 0 Å². The van der Waals surface area contributed by atoms with Gasteiger partial charge < -0.3 is 18.8 Å². The Kier molecular flexibility index (Phi) is 6.02. The van der Waals surface area contributed by atoms with Crippen LogP contribution in [-0.2, 0) is 23.6 Å². The molecule has 2 aromatic heterocycles. The number of pyridine rings is 1. The zero-order valence-corrected chi connectivity index (χ0v) is 22.2. The molecule has 0 spiro atoms. The van der Waals surface area contributed by atoms with E-state index < -0.39 is 5.79 Å². The lowest BCUT2D eigenvalue weighted by Gasteiger charge is -2.33. The van der Waals surface area contributed by atoms with Crippen molar-refractivity contribution < 1.29 is 14.2 Å². The molecule has 2 fully saturated rings. The lowest BCUT2D eigenvalue weighted by Crippen LogP contribution is -2.35. The molecular weight excluding hydrogens is 500 g/mol. The summed E-state index contributed by atoms with van der Waals surface area (Å²) in [5.74, 6) is 2.19. The summed E-state index contributed by atoms with van der Waals surface area (Å²) in [6.45, 7) is 6.52. The average molecular weight is 531 g/mol. The third-order valence-corrected chi connectivity index (χ3v) is 8.33. The van der Waals surface area contributed by atoms with E-state index in [-0.39, 0.29) is 0 Å². The van der Waals surface area contributed by atoms with Gasteiger partial charge in [-0.1, -0.05) is 35.9 Å². The first-order valence-electron chi connectivity index (χ1n) is 13.5. The SMILES string of the molecule is CC1(c2ccc(Cl)cn2)Oc2cccc(C3CCN(Cc4nc5ccccc5n4C[C@@H]4CCO4)CC3)c2O1. The van der Waals surface area contributed by atoms with E-state index >= 15 is 0 Å². The molecule has 0 radical (unpaired) electrons. The highest BCUT2D eigenvalue weighted by Gasteiger charge is 2.42. The van der Waals surface area contributed by atoms with E-state index in [4.69, 9.17) is 30.8 Å². The van der Waals surface area contributed by atoms with Crippen LogP contribution in [0.4, 0.5) is 0 Å². The largest absolute Gasteiger partial charge is 0.443 e. The Morgan fingerprint density at radius 3 is 2.61 bits per heavy atom. The first-order chi connectivity index (χ1) is 18.6. The summed E-state index contributed by atoms with van der Waals surface area (Å²) < 4.78 is 20.9. The van der Waals surface area contributed by atoms with E-state index in [1.165, 1.54) is 11.1 Å². The number of likely N-dealkylation sites (tertiary alicyclic amines) is 1. The quantitative estimate of drug-likeness (QED) is 0.309. The molecular formula is C30H31ClN4O3. The number of hydrogen-bond donors (Lipinski definition) is 0. The standard InChI is InChI=1S/C30H31ClN4O3/c1-30(27-10-9-21(31)17-32-27)37-26-8-4-5-23(29(26)38-30)20-11-14-34(15-12-20)19-28-33-24-6-2-3-7-25(24)35(28)18-22-13-16-36-22/h2-10,17,20,22H,11-16,18-19H2,1H3/t22-,30?/m0/s1. The maximum Gasteiger partial charge on any atom is 0.292 e. The molecule has 0 N–H and O–H groups in total. The van der Waals surface area contributed by atoms with E-state index in [1.807, 2.05) is 25.1 Å². The number of halogens is 1. The molecule has 8 heteroatoms. The van der Waals surface area contributed by atoms with Gasteiger partial charge >= 0.3 is 0 Å². The van der Waals surface area contributed by atoms with Crippen LogP contribution in [0.2, 0.25) is 5.02 Å². The van der Waals surface area contributed by atoms with Crippen LogP contribution in [0.3, 0.4) is 0 Å². The lowest BCUT2D eigenvalue weighted by molar-refractivity contribution is -0.0722. The topological polar surface area (TPSA) is 61.6 Å². The molecule has 1 unspecified atom stereocenters. The van der Waals surface area contributed by atoms with Crippen LogP contribution in [0.1, 0.15) is 49.2 Å². The van der Waals surface area contributed by atoms with Crippen molar-refractivity contribution in [2.24, 2.45) is 0 Å². The van der Waals surface area contributed by atoms with Crippen molar-refractivity contribution in [1.82, 2.24) is 19.4 Å². The van der Waals surface area contributed by atoms with Crippen LogP contribution in [-0.4, -0.2) is 45.2 Å². The number of para-hydroxylation sites is 3.